The second kappa shape index (κ2) is 14.4. The van der Waals surface area contributed by atoms with E-state index < -0.39 is 6.04 Å². The Bertz CT molecular complexity index is 2300. The quantitative estimate of drug-likeness (QED) is 0.227. The molecule has 0 bridgehead atoms. The molecule has 2 aliphatic carbocycles. The minimum atomic E-state index is -0.618. The molecule has 0 radical (unpaired) electrons. The van der Waals surface area contributed by atoms with Crippen LogP contribution in [0.25, 0.3) is 0 Å². The number of aromatic hydroxyl groups is 1. The van der Waals surface area contributed by atoms with E-state index in [2.05, 4.69) is 80.8 Å². The fourth-order valence-electron chi connectivity index (χ4n) is 11.8. The molecule has 11 rings (SSSR count). The van der Waals surface area contributed by atoms with Crippen molar-refractivity contribution in [2.24, 2.45) is 11.3 Å². The van der Waals surface area contributed by atoms with Crippen molar-refractivity contribution in [3.63, 3.8) is 0 Å². The maximum atomic E-state index is 13.4. The number of piperidine rings is 1. The fourth-order valence-corrected chi connectivity index (χ4v) is 11.8. The number of benzene rings is 3. The van der Waals surface area contributed by atoms with E-state index in [1.54, 1.807) is 4.90 Å². The van der Waals surface area contributed by atoms with Gasteiger partial charge in [-0.05, 0) is 115 Å². The Morgan fingerprint density at radius 1 is 0.847 bits per heavy atom. The molecule has 6 heterocycles. The summed E-state index contributed by atoms with van der Waals surface area (Å²) in [5.74, 6) is 2.63. The first-order valence-electron chi connectivity index (χ1n) is 21.8. The van der Waals surface area contributed by atoms with Crippen molar-refractivity contribution < 1.29 is 24.2 Å². The van der Waals surface area contributed by atoms with E-state index in [0.717, 1.165) is 74.9 Å². The predicted octanol–water partition coefficient (Wildman–Crippen LogP) is 5.99. The minimum absolute atomic E-state index is 0.162. The number of ether oxygens (including phenoxy) is 1. The van der Waals surface area contributed by atoms with Gasteiger partial charge in [0.1, 0.15) is 30.0 Å². The number of piperazine rings is 1. The smallest absolute Gasteiger partial charge is 0.255 e. The van der Waals surface area contributed by atoms with E-state index >= 15 is 0 Å². The van der Waals surface area contributed by atoms with Crippen LogP contribution >= 0.6 is 0 Å². The molecule has 1 saturated carbocycles. The molecule has 304 valence electrons. The summed E-state index contributed by atoms with van der Waals surface area (Å²) in [4.78, 5) is 52.0. The van der Waals surface area contributed by atoms with Gasteiger partial charge in [0.25, 0.3) is 5.91 Å². The van der Waals surface area contributed by atoms with E-state index in [0.29, 0.717) is 48.1 Å². The van der Waals surface area contributed by atoms with Crippen LogP contribution in [0.5, 0.6) is 11.5 Å². The molecule has 3 aromatic carbocycles. The number of phenolic OH excluding ortho intramolecular Hbond substituents is 1. The monoisotopic (exact) mass is 792 g/mol. The average Bonchev–Trinajstić information content (AvgIpc) is 3.56. The van der Waals surface area contributed by atoms with Crippen molar-refractivity contribution in [1.29, 1.82) is 0 Å². The van der Waals surface area contributed by atoms with Crippen LogP contribution in [-0.4, -0.2) is 95.6 Å². The number of rotatable bonds is 6. The van der Waals surface area contributed by atoms with Crippen LogP contribution in [0.3, 0.4) is 0 Å². The van der Waals surface area contributed by atoms with Crippen LogP contribution in [0.2, 0.25) is 0 Å². The van der Waals surface area contributed by atoms with Crippen molar-refractivity contribution in [2.75, 3.05) is 55.7 Å². The van der Waals surface area contributed by atoms with E-state index in [4.69, 9.17) is 9.72 Å². The van der Waals surface area contributed by atoms with Crippen LogP contribution in [0.15, 0.2) is 79.0 Å². The summed E-state index contributed by atoms with van der Waals surface area (Å²) < 4.78 is 6.31. The summed E-state index contributed by atoms with van der Waals surface area (Å²) in [6.45, 7) is 7.17. The second-order valence-corrected chi connectivity index (χ2v) is 18.5. The number of fused-ring (bicyclic) bond motifs is 5. The molecule has 4 fully saturated rings. The third kappa shape index (κ3) is 6.53. The van der Waals surface area contributed by atoms with E-state index in [1.165, 1.54) is 47.9 Å². The number of carbonyl (C=O) groups excluding carboxylic acids is 3. The molecule has 3 amide bonds. The summed E-state index contributed by atoms with van der Waals surface area (Å²) in [7, 11) is 0. The number of pyridine rings is 1. The molecule has 3 saturated heterocycles. The SMILES string of the molecule is O=C1CC[C@H](N2Cc3cc4c(cc3C2=O)OC[C@@H]2CN(CC3CCC5(CC3)CN(c3ccc([C@@H]6c7ccc(O)cc7CC[C@@H]6c6ccccc6)cn3)C5)CCN42)C(=O)N1. The number of carbonyl (C=O) groups is 3. The highest BCUT2D eigenvalue weighted by molar-refractivity contribution is 6.06. The molecule has 4 aromatic rings. The minimum Gasteiger partial charge on any atom is -0.508 e. The van der Waals surface area contributed by atoms with Crippen molar-refractivity contribution in [2.45, 2.75) is 81.8 Å². The van der Waals surface area contributed by atoms with E-state index in [1.807, 2.05) is 18.2 Å². The van der Waals surface area contributed by atoms with Crippen molar-refractivity contribution in [1.82, 2.24) is 20.1 Å². The largest absolute Gasteiger partial charge is 0.508 e. The summed E-state index contributed by atoms with van der Waals surface area (Å²) >= 11 is 0. The second-order valence-electron chi connectivity index (χ2n) is 18.5. The lowest BCUT2D eigenvalue weighted by Gasteiger charge is -2.54. The zero-order chi connectivity index (χ0) is 39.8. The standard InChI is InChI=1S/C48H52N6O5/c55-36-8-10-38-32(20-36)6-9-37(31-4-2-1-3-5-31)45(38)33-7-12-43(49-23-33)52-28-48(29-52)16-14-30(15-17-48)24-51-18-19-53-35(26-51)27-59-42-22-39-34(21-41(42)53)25-54(47(39)58)40-11-13-44(56)50-46(40)57/h1-5,7-8,10,12,20-23,30,35,37,40,45,55H,6,9,11,13-19,24-29H2,(H,50,56,57)/t35-,37+,40-,45-/m0/s1. The topological polar surface area (TPSA) is 119 Å². The lowest BCUT2D eigenvalue weighted by atomic mass is 9.65. The third-order valence-electron chi connectivity index (χ3n) is 14.9. The van der Waals surface area contributed by atoms with Crippen molar-refractivity contribution in [3.8, 4) is 11.5 Å². The average molecular weight is 793 g/mol. The highest BCUT2D eigenvalue weighted by atomic mass is 16.5. The zero-order valence-electron chi connectivity index (χ0n) is 33.5. The van der Waals surface area contributed by atoms with Gasteiger partial charge in [0.15, 0.2) is 0 Å². The fraction of sp³-hybridized carbons (Fsp3) is 0.458. The van der Waals surface area contributed by atoms with E-state index in [-0.39, 0.29) is 36.1 Å². The van der Waals surface area contributed by atoms with Gasteiger partial charge in [-0.15, -0.1) is 0 Å². The highest BCUT2D eigenvalue weighted by Crippen LogP contribution is 2.49. The molecule has 11 heteroatoms. The van der Waals surface area contributed by atoms with Crippen LogP contribution in [0.4, 0.5) is 11.5 Å². The third-order valence-corrected chi connectivity index (χ3v) is 14.9. The van der Waals surface area contributed by atoms with Gasteiger partial charge < -0.3 is 24.5 Å². The van der Waals surface area contributed by atoms with Gasteiger partial charge >= 0.3 is 0 Å². The number of anilines is 2. The maximum Gasteiger partial charge on any atom is 0.255 e. The Balaban J connectivity index is 0.687. The molecule has 1 aromatic heterocycles. The maximum absolute atomic E-state index is 13.4. The summed E-state index contributed by atoms with van der Waals surface area (Å²) in [6, 6.07) is 24.9. The molecular weight excluding hydrogens is 741 g/mol. The molecule has 0 unspecified atom stereocenters. The van der Waals surface area contributed by atoms with Gasteiger partial charge in [-0.25, -0.2) is 4.98 Å². The molecule has 1 spiro atoms. The summed E-state index contributed by atoms with van der Waals surface area (Å²) in [5.41, 5.74) is 8.13. The summed E-state index contributed by atoms with van der Waals surface area (Å²) in [6.07, 6.45) is 9.82. The van der Waals surface area contributed by atoms with Crippen molar-refractivity contribution in [3.05, 3.63) is 112 Å². The van der Waals surface area contributed by atoms with E-state index in [9.17, 15) is 19.5 Å². The lowest BCUT2D eigenvalue weighted by Crippen LogP contribution is -2.59. The lowest BCUT2D eigenvalue weighted by molar-refractivity contribution is -0.136. The first kappa shape index (κ1) is 36.6. The molecule has 7 aliphatic rings. The Morgan fingerprint density at radius 2 is 1.69 bits per heavy atom. The Kier molecular flexibility index (Phi) is 8.94. The number of aromatic nitrogens is 1. The number of nitrogens with one attached hydrogen (secondary N) is 1. The first-order chi connectivity index (χ1) is 28.8. The highest BCUT2D eigenvalue weighted by Gasteiger charge is 2.47. The Labute approximate surface area is 345 Å². The molecular formula is C48H52N6O5. The van der Waals surface area contributed by atoms with Gasteiger partial charge in [0.05, 0.1) is 11.7 Å². The van der Waals surface area contributed by atoms with Crippen molar-refractivity contribution >= 4 is 29.2 Å². The zero-order valence-corrected chi connectivity index (χ0v) is 33.5. The molecule has 2 N–H and O–H groups in total. The van der Waals surface area contributed by atoms with Crippen LogP contribution < -0.4 is 19.9 Å². The Hall–Kier alpha value is -5.42. The predicted molar refractivity (Wildman–Crippen MR) is 224 cm³/mol. The van der Waals surface area contributed by atoms with Crippen LogP contribution in [-0.2, 0) is 22.6 Å². The van der Waals surface area contributed by atoms with Gasteiger partial charge in [0, 0.05) is 75.3 Å². The number of amides is 3. The summed E-state index contributed by atoms with van der Waals surface area (Å²) in [5, 5.41) is 12.6. The molecule has 59 heavy (non-hydrogen) atoms. The van der Waals surface area contributed by atoms with Crippen LogP contribution in [0.1, 0.15) is 95.0 Å². The van der Waals surface area contributed by atoms with Gasteiger partial charge in [0.2, 0.25) is 11.8 Å². The molecule has 4 atom stereocenters. The van der Waals surface area contributed by atoms with Gasteiger partial charge in [-0.3, -0.25) is 24.6 Å². The number of imide groups is 1. The van der Waals surface area contributed by atoms with Gasteiger partial charge in [-0.2, -0.15) is 0 Å². The Morgan fingerprint density at radius 3 is 2.49 bits per heavy atom. The molecule has 5 aliphatic heterocycles. The number of hydrogen-bond acceptors (Lipinski definition) is 9. The number of nitrogens with zero attached hydrogens (tertiary/aromatic N) is 5. The van der Waals surface area contributed by atoms with Gasteiger partial charge in [-0.1, -0.05) is 42.5 Å². The number of hydrogen-bond donors (Lipinski definition) is 2. The number of phenols is 1. The molecule has 11 nitrogen and oxygen atoms in total. The normalized spacial score (nSPS) is 26.4. The number of aryl methyl sites for hydroxylation is 1. The first-order valence-corrected chi connectivity index (χ1v) is 21.8. The van der Waals surface area contributed by atoms with Crippen LogP contribution in [0, 0.1) is 11.3 Å².